The van der Waals surface area contributed by atoms with E-state index in [1.807, 2.05) is 17.5 Å². The number of nitrogens with one attached hydrogen (secondary N) is 1. The average Bonchev–Trinajstić information content (AvgIpc) is 3.02. The largest absolute Gasteiger partial charge is 0.465 e. The maximum Gasteiger partial charge on any atom is 0.275 e. The van der Waals surface area contributed by atoms with E-state index in [1.165, 1.54) is 11.3 Å². The number of thiophene rings is 1. The average molecular weight is 244 g/mol. The van der Waals surface area contributed by atoms with Crippen LogP contribution in [0.25, 0.3) is 6.08 Å². The van der Waals surface area contributed by atoms with Crippen LogP contribution in [0.5, 0.6) is 0 Å². The first-order chi connectivity index (χ1) is 8.33. The van der Waals surface area contributed by atoms with Gasteiger partial charge in [-0.05, 0) is 23.6 Å². The SMILES string of the molecule is O=C1NC(c2cccs2)=N/C1=C/c1ccco1. The van der Waals surface area contributed by atoms with E-state index in [0.29, 0.717) is 17.3 Å². The number of carbonyl (C=O) groups excluding carboxylic acids is 1. The normalized spacial score (nSPS) is 17.3. The Hall–Kier alpha value is -2.14. The van der Waals surface area contributed by atoms with Crippen LogP contribution in [0.4, 0.5) is 0 Å². The number of hydrogen-bond donors (Lipinski definition) is 1. The van der Waals surface area contributed by atoms with E-state index in [-0.39, 0.29) is 5.91 Å². The first-order valence-electron chi connectivity index (χ1n) is 5.02. The molecule has 0 saturated carbocycles. The van der Waals surface area contributed by atoms with Crippen LogP contribution in [0.3, 0.4) is 0 Å². The van der Waals surface area contributed by atoms with Gasteiger partial charge in [-0.25, -0.2) is 4.99 Å². The van der Waals surface area contributed by atoms with Crippen molar-refractivity contribution in [2.24, 2.45) is 4.99 Å². The number of rotatable bonds is 2. The summed E-state index contributed by atoms with van der Waals surface area (Å²) in [7, 11) is 0. The maximum atomic E-state index is 11.7. The molecule has 2 aromatic heterocycles. The van der Waals surface area contributed by atoms with Crippen molar-refractivity contribution in [2.75, 3.05) is 0 Å². The zero-order valence-electron chi connectivity index (χ0n) is 8.71. The summed E-state index contributed by atoms with van der Waals surface area (Å²) in [5.41, 5.74) is 0.364. The van der Waals surface area contributed by atoms with Crippen LogP contribution < -0.4 is 5.32 Å². The summed E-state index contributed by atoms with van der Waals surface area (Å²) in [6, 6.07) is 7.38. The molecule has 0 radical (unpaired) electrons. The molecule has 0 aromatic carbocycles. The predicted octanol–water partition coefficient (Wildman–Crippen LogP) is 2.26. The summed E-state index contributed by atoms with van der Waals surface area (Å²) in [4.78, 5) is 16.9. The van der Waals surface area contributed by atoms with Crippen LogP contribution in [0.1, 0.15) is 10.6 Å². The van der Waals surface area contributed by atoms with Crippen molar-refractivity contribution in [2.45, 2.75) is 0 Å². The molecule has 17 heavy (non-hydrogen) atoms. The lowest BCUT2D eigenvalue weighted by Crippen LogP contribution is -2.23. The second kappa shape index (κ2) is 4.03. The first-order valence-corrected chi connectivity index (χ1v) is 5.90. The molecule has 0 bridgehead atoms. The fourth-order valence-electron chi connectivity index (χ4n) is 1.51. The van der Waals surface area contributed by atoms with Gasteiger partial charge in [0.2, 0.25) is 0 Å². The van der Waals surface area contributed by atoms with Crippen molar-refractivity contribution < 1.29 is 9.21 Å². The fraction of sp³-hybridized carbons (Fsp3) is 0. The van der Waals surface area contributed by atoms with Gasteiger partial charge in [0.25, 0.3) is 5.91 Å². The van der Waals surface area contributed by atoms with Gasteiger partial charge in [0, 0.05) is 6.08 Å². The number of hydrogen-bond acceptors (Lipinski definition) is 4. The molecule has 4 nitrogen and oxygen atoms in total. The molecule has 0 saturated heterocycles. The zero-order valence-corrected chi connectivity index (χ0v) is 9.53. The van der Waals surface area contributed by atoms with E-state index in [1.54, 1.807) is 24.5 Å². The highest BCUT2D eigenvalue weighted by Crippen LogP contribution is 2.17. The number of aliphatic imine (C=N–C) groups is 1. The molecule has 1 aliphatic rings. The molecule has 1 aliphatic heterocycles. The van der Waals surface area contributed by atoms with Gasteiger partial charge in [0.1, 0.15) is 11.5 Å². The fourth-order valence-corrected chi connectivity index (χ4v) is 2.18. The van der Waals surface area contributed by atoms with Gasteiger partial charge in [-0.2, -0.15) is 0 Å². The summed E-state index contributed by atoms with van der Waals surface area (Å²) < 4.78 is 5.15. The second-order valence-corrected chi connectivity index (χ2v) is 4.38. The number of amides is 1. The van der Waals surface area contributed by atoms with Gasteiger partial charge in [-0.1, -0.05) is 6.07 Å². The smallest absolute Gasteiger partial charge is 0.275 e. The van der Waals surface area contributed by atoms with E-state index >= 15 is 0 Å². The molecule has 0 fully saturated rings. The highest BCUT2D eigenvalue weighted by molar-refractivity contribution is 7.12. The van der Waals surface area contributed by atoms with Crippen molar-refractivity contribution in [1.82, 2.24) is 5.32 Å². The van der Waals surface area contributed by atoms with Gasteiger partial charge < -0.3 is 9.73 Å². The van der Waals surface area contributed by atoms with E-state index in [2.05, 4.69) is 10.3 Å². The highest BCUT2D eigenvalue weighted by Gasteiger charge is 2.21. The van der Waals surface area contributed by atoms with Gasteiger partial charge in [-0.15, -0.1) is 11.3 Å². The summed E-state index contributed by atoms with van der Waals surface area (Å²) in [6.07, 6.45) is 3.18. The van der Waals surface area contributed by atoms with Crippen LogP contribution in [0.2, 0.25) is 0 Å². The Bertz CT molecular complexity index is 595. The Morgan fingerprint density at radius 3 is 3.00 bits per heavy atom. The van der Waals surface area contributed by atoms with Crippen LogP contribution >= 0.6 is 11.3 Å². The van der Waals surface area contributed by atoms with E-state index in [4.69, 9.17) is 4.42 Å². The molecule has 5 heteroatoms. The molecule has 84 valence electrons. The van der Waals surface area contributed by atoms with E-state index in [9.17, 15) is 4.79 Å². The minimum absolute atomic E-state index is 0.204. The molecule has 0 aliphatic carbocycles. The number of amidine groups is 1. The van der Waals surface area contributed by atoms with E-state index in [0.717, 1.165) is 4.88 Å². The van der Waals surface area contributed by atoms with Crippen molar-refractivity contribution in [3.05, 3.63) is 52.2 Å². The van der Waals surface area contributed by atoms with Crippen LogP contribution in [0.15, 0.2) is 51.0 Å². The third kappa shape index (κ3) is 1.92. The Kier molecular flexibility index (Phi) is 2.38. The van der Waals surface area contributed by atoms with Gasteiger partial charge in [0.05, 0.1) is 11.1 Å². The van der Waals surface area contributed by atoms with Gasteiger partial charge >= 0.3 is 0 Å². The summed E-state index contributed by atoms with van der Waals surface area (Å²) in [5, 5.41) is 4.67. The minimum atomic E-state index is -0.204. The Balaban J connectivity index is 1.95. The lowest BCUT2D eigenvalue weighted by Gasteiger charge is -1.93. The molecule has 0 atom stereocenters. The molecule has 1 N–H and O–H groups in total. The second-order valence-electron chi connectivity index (χ2n) is 3.44. The van der Waals surface area contributed by atoms with Crippen molar-refractivity contribution in [1.29, 1.82) is 0 Å². The molecule has 3 rings (SSSR count). The van der Waals surface area contributed by atoms with Crippen molar-refractivity contribution in [3.8, 4) is 0 Å². The Labute approximate surface area is 101 Å². The van der Waals surface area contributed by atoms with Gasteiger partial charge in [-0.3, -0.25) is 4.79 Å². The molecule has 3 heterocycles. The predicted molar refractivity (Wildman–Crippen MR) is 65.7 cm³/mol. The third-order valence-corrected chi connectivity index (χ3v) is 3.15. The molecule has 2 aromatic rings. The summed E-state index contributed by atoms with van der Waals surface area (Å²) >= 11 is 1.54. The summed E-state index contributed by atoms with van der Waals surface area (Å²) in [6.45, 7) is 0. The molecule has 0 spiro atoms. The number of nitrogens with zero attached hydrogens (tertiary/aromatic N) is 1. The molecule has 1 amide bonds. The zero-order chi connectivity index (χ0) is 11.7. The monoisotopic (exact) mass is 244 g/mol. The van der Waals surface area contributed by atoms with Crippen LogP contribution in [-0.4, -0.2) is 11.7 Å². The van der Waals surface area contributed by atoms with Gasteiger partial charge in [0.15, 0.2) is 5.84 Å². The highest BCUT2D eigenvalue weighted by atomic mass is 32.1. The minimum Gasteiger partial charge on any atom is -0.465 e. The third-order valence-electron chi connectivity index (χ3n) is 2.27. The Morgan fingerprint density at radius 1 is 1.35 bits per heavy atom. The number of furan rings is 1. The Morgan fingerprint density at radius 2 is 2.29 bits per heavy atom. The number of carbonyl (C=O) groups is 1. The van der Waals surface area contributed by atoms with Crippen LogP contribution in [0, 0.1) is 0 Å². The molecular weight excluding hydrogens is 236 g/mol. The maximum absolute atomic E-state index is 11.7. The molecular formula is C12H8N2O2S. The molecule has 0 unspecified atom stereocenters. The van der Waals surface area contributed by atoms with Crippen molar-refractivity contribution >= 4 is 29.2 Å². The quantitative estimate of drug-likeness (QED) is 0.824. The van der Waals surface area contributed by atoms with Crippen LogP contribution in [-0.2, 0) is 4.79 Å². The first kappa shape index (κ1) is 10.0. The lowest BCUT2D eigenvalue weighted by molar-refractivity contribution is -0.115. The lowest BCUT2D eigenvalue weighted by atomic mass is 10.3. The standard InChI is InChI=1S/C12H8N2O2S/c15-12-9(7-8-3-1-5-16-8)13-11(14-12)10-4-2-6-17-10/h1-7H,(H,13,14,15)/b9-7+. The summed E-state index contributed by atoms with van der Waals surface area (Å²) in [5.74, 6) is 1.01. The van der Waals surface area contributed by atoms with E-state index < -0.39 is 0 Å². The van der Waals surface area contributed by atoms with Crippen molar-refractivity contribution in [3.63, 3.8) is 0 Å². The topological polar surface area (TPSA) is 54.6 Å².